The smallest absolute Gasteiger partial charge is 0.326 e. The molecular weight excluding hydrogens is 486 g/mol. The third-order valence-corrected chi connectivity index (χ3v) is 6.00. The zero-order chi connectivity index (χ0) is 28.0. The standard InChI is InChI=1S/C22H41N9O6/c23-10-2-1-5-15(20(35)31-12-4-7-16(31)21(36)37)30-19(34)14(6-3-11-28-22(26)27)29-18(33)13(24)8-9-17(25)32/h13-16H,1-12,23-24H2,(H2,25,32)(H,29,33)(H,30,34)(H,36,37)(H4,26,27,28). The van der Waals surface area contributed by atoms with E-state index in [9.17, 15) is 29.1 Å². The van der Waals surface area contributed by atoms with Crippen LogP contribution < -0.4 is 39.3 Å². The van der Waals surface area contributed by atoms with Crippen LogP contribution in [0.5, 0.6) is 0 Å². The molecule has 4 amide bonds. The van der Waals surface area contributed by atoms with Gasteiger partial charge in [0, 0.05) is 19.5 Å². The first-order valence-electron chi connectivity index (χ1n) is 12.4. The van der Waals surface area contributed by atoms with E-state index in [-0.39, 0.29) is 44.7 Å². The van der Waals surface area contributed by atoms with E-state index in [1.165, 1.54) is 4.90 Å². The van der Waals surface area contributed by atoms with E-state index < -0.39 is 53.8 Å². The highest BCUT2D eigenvalue weighted by Gasteiger charge is 2.38. The molecule has 1 saturated heterocycles. The van der Waals surface area contributed by atoms with Crippen LogP contribution in [-0.2, 0) is 24.0 Å². The first-order chi connectivity index (χ1) is 17.5. The SMILES string of the molecule is NCCCCC(NC(=O)C(CCCN=C(N)N)NC(=O)C(N)CCC(N)=O)C(=O)N1CCCC1C(=O)O. The monoisotopic (exact) mass is 527 g/mol. The van der Waals surface area contributed by atoms with Crippen molar-refractivity contribution in [2.45, 2.75) is 82.0 Å². The predicted octanol–water partition coefficient (Wildman–Crippen LogP) is -3.19. The van der Waals surface area contributed by atoms with Gasteiger partial charge in [-0.2, -0.15) is 0 Å². The molecule has 1 aliphatic rings. The number of carboxylic acids is 1. The van der Waals surface area contributed by atoms with E-state index in [1.54, 1.807) is 0 Å². The molecule has 0 aromatic rings. The van der Waals surface area contributed by atoms with Gasteiger partial charge in [-0.05, 0) is 57.9 Å². The summed E-state index contributed by atoms with van der Waals surface area (Å²) in [6.07, 6.45) is 2.60. The molecule has 0 aliphatic carbocycles. The molecule has 1 rings (SSSR count). The maximum Gasteiger partial charge on any atom is 0.326 e. The molecule has 4 unspecified atom stereocenters. The topological polar surface area (TPSA) is 275 Å². The molecule has 37 heavy (non-hydrogen) atoms. The normalized spacial score (nSPS) is 17.4. The van der Waals surface area contributed by atoms with Crippen molar-refractivity contribution in [3.8, 4) is 0 Å². The van der Waals surface area contributed by atoms with Gasteiger partial charge < -0.3 is 49.3 Å². The predicted molar refractivity (Wildman–Crippen MR) is 135 cm³/mol. The lowest BCUT2D eigenvalue weighted by Gasteiger charge is -2.29. The number of primary amides is 1. The number of hydrogen-bond donors (Lipinski definition) is 8. The molecule has 0 spiro atoms. The second-order valence-corrected chi connectivity index (χ2v) is 8.99. The van der Waals surface area contributed by atoms with Gasteiger partial charge >= 0.3 is 5.97 Å². The Balaban J connectivity index is 3.01. The first kappa shape index (κ1) is 31.6. The summed E-state index contributed by atoms with van der Waals surface area (Å²) in [6.45, 7) is 0.859. The number of nitrogens with two attached hydrogens (primary N) is 5. The molecule has 0 radical (unpaired) electrons. The summed E-state index contributed by atoms with van der Waals surface area (Å²) >= 11 is 0. The second kappa shape index (κ2) is 16.3. The van der Waals surface area contributed by atoms with Gasteiger partial charge in [-0.25, -0.2) is 4.79 Å². The minimum atomic E-state index is -1.10. The lowest BCUT2D eigenvalue weighted by Crippen LogP contribution is -2.57. The molecule has 13 N–H and O–H groups in total. The Hall–Kier alpha value is -3.46. The lowest BCUT2D eigenvalue weighted by molar-refractivity contribution is -0.149. The third kappa shape index (κ3) is 11.4. The minimum Gasteiger partial charge on any atom is -0.480 e. The van der Waals surface area contributed by atoms with Crippen LogP contribution in [0, 0.1) is 0 Å². The maximum absolute atomic E-state index is 13.2. The number of hydrogen-bond acceptors (Lipinski definition) is 8. The van der Waals surface area contributed by atoms with Crippen LogP contribution in [0.3, 0.4) is 0 Å². The van der Waals surface area contributed by atoms with Crippen LogP contribution in [0.4, 0.5) is 0 Å². The Kier molecular flexibility index (Phi) is 13.9. The van der Waals surface area contributed by atoms with E-state index in [1.807, 2.05) is 0 Å². The van der Waals surface area contributed by atoms with Crippen molar-refractivity contribution < 1.29 is 29.1 Å². The number of likely N-dealkylation sites (tertiary alicyclic amines) is 1. The van der Waals surface area contributed by atoms with Crippen molar-refractivity contribution in [1.29, 1.82) is 0 Å². The highest BCUT2D eigenvalue weighted by atomic mass is 16.4. The van der Waals surface area contributed by atoms with Gasteiger partial charge in [0.05, 0.1) is 6.04 Å². The van der Waals surface area contributed by atoms with Gasteiger partial charge in [-0.3, -0.25) is 24.2 Å². The van der Waals surface area contributed by atoms with Crippen molar-refractivity contribution in [1.82, 2.24) is 15.5 Å². The number of amides is 4. The quantitative estimate of drug-likeness (QED) is 0.0532. The van der Waals surface area contributed by atoms with E-state index >= 15 is 0 Å². The van der Waals surface area contributed by atoms with Gasteiger partial charge in [-0.15, -0.1) is 0 Å². The fourth-order valence-electron chi connectivity index (χ4n) is 3.99. The third-order valence-electron chi connectivity index (χ3n) is 6.00. The Morgan fingerprint density at radius 3 is 2.19 bits per heavy atom. The van der Waals surface area contributed by atoms with Gasteiger partial charge in [0.1, 0.15) is 18.1 Å². The molecule has 15 heteroatoms. The number of rotatable bonds is 17. The van der Waals surface area contributed by atoms with Crippen molar-refractivity contribution in [2.24, 2.45) is 33.7 Å². The molecule has 0 saturated carbocycles. The van der Waals surface area contributed by atoms with E-state index in [0.29, 0.717) is 38.6 Å². The Labute approximate surface area is 215 Å². The van der Waals surface area contributed by atoms with Crippen LogP contribution in [-0.4, -0.2) is 89.4 Å². The van der Waals surface area contributed by atoms with E-state index in [0.717, 1.165) is 0 Å². The Bertz CT molecular complexity index is 833. The van der Waals surface area contributed by atoms with Crippen molar-refractivity contribution >= 4 is 35.6 Å². The summed E-state index contributed by atoms with van der Waals surface area (Å²) in [5, 5.41) is 14.7. The average Bonchev–Trinajstić information content (AvgIpc) is 3.33. The molecule has 15 nitrogen and oxygen atoms in total. The highest BCUT2D eigenvalue weighted by molar-refractivity contribution is 5.94. The summed E-state index contributed by atoms with van der Waals surface area (Å²) in [4.78, 5) is 66.8. The second-order valence-electron chi connectivity index (χ2n) is 8.99. The van der Waals surface area contributed by atoms with Crippen molar-refractivity contribution in [3.63, 3.8) is 0 Å². The number of aliphatic imine (C=N–C) groups is 1. The van der Waals surface area contributed by atoms with Gasteiger partial charge in [0.15, 0.2) is 5.96 Å². The summed E-state index contributed by atoms with van der Waals surface area (Å²) in [7, 11) is 0. The maximum atomic E-state index is 13.2. The van der Waals surface area contributed by atoms with Crippen LogP contribution in [0.15, 0.2) is 4.99 Å². The molecule has 4 atom stereocenters. The molecule has 0 aromatic heterocycles. The fourth-order valence-corrected chi connectivity index (χ4v) is 3.99. The fraction of sp³-hybridized carbons (Fsp3) is 0.727. The molecule has 0 aromatic carbocycles. The lowest BCUT2D eigenvalue weighted by atomic mass is 10.0. The number of carbonyl (C=O) groups excluding carboxylic acids is 4. The summed E-state index contributed by atoms with van der Waals surface area (Å²) in [6, 6.07) is -4.12. The number of nitrogens with zero attached hydrogens (tertiary/aromatic N) is 2. The largest absolute Gasteiger partial charge is 0.480 e. The molecule has 0 bridgehead atoms. The zero-order valence-electron chi connectivity index (χ0n) is 21.1. The number of unbranched alkanes of at least 4 members (excludes halogenated alkanes) is 1. The van der Waals surface area contributed by atoms with Gasteiger partial charge in [0.25, 0.3) is 0 Å². The van der Waals surface area contributed by atoms with Crippen LogP contribution in [0.1, 0.15) is 57.8 Å². The minimum absolute atomic E-state index is 0.00472. The number of aliphatic carboxylic acids is 1. The number of guanidine groups is 1. The number of nitrogens with one attached hydrogen (secondary N) is 2. The van der Waals surface area contributed by atoms with Crippen molar-refractivity contribution in [3.05, 3.63) is 0 Å². The summed E-state index contributed by atoms with van der Waals surface area (Å²) in [5.41, 5.74) is 27.2. The number of carboxylic acid groups (broad SMARTS) is 1. The molecule has 1 fully saturated rings. The van der Waals surface area contributed by atoms with Crippen LogP contribution in [0.25, 0.3) is 0 Å². The van der Waals surface area contributed by atoms with Crippen LogP contribution >= 0.6 is 0 Å². The first-order valence-corrected chi connectivity index (χ1v) is 12.4. The number of carbonyl (C=O) groups is 5. The summed E-state index contributed by atoms with van der Waals surface area (Å²) in [5.74, 6) is -3.65. The molecule has 1 aliphatic heterocycles. The Morgan fingerprint density at radius 2 is 1.59 bits per heavy atom. The highest BCUT2D eigenvalue weighted by Crippen LogP contribution is 2.20. The van der Waals surface area contributed by atoms with Crippen molar-refractivity contribution in [2.75, 3.05) is 19.6 Å². The van der Waals surface area contributed by atoms with Gasteiger partial charge in [-0.1, -0.05) is 0 Å². The zero-order valence-corrected chi connectivity index (χ0v) is 21.1. The molecule has 1 heterocycles. The van der Waals surface area contributed by atoms with Gasteiger partial charge in [0.2, 0.25) is 23.6 Å². The average molecular weight is 528 g/mol. The van der Waals surface area contributed by atoms with Crippen LogP contribution in [0.2, 0.25) is 0 Å². The Morgan fingerprint density at radius 1 is 0.946 bits per heavy atom. The van der Waals surface area contributed by atoms with E-state index in [2.05, 4.69) is 15.6 Å². The van der Waals surface area contributed by atoms with E-state index in [4.69, 9.17) is 28.7 Å². The molecular formula is C22H41N9O6. The molecule has 210 valence electrons. The summed E-state index contributed by atoms with van der Waals surface area (Å²) < 4.78 is 0.